The van der Waals surface area contributed by atoms with Gasteiger partial charge in [0.1, 0.15) is 0 Å². The highest BCUT2D eigenvalue weighted by Gasteiger charge is 2.37. The number of carbonyl (C=O) groups excluding carboxylic acids is 2. The minimum Gasteiger partial charge on any atom is -0.465 e. The minimum atomic E-state index is -4.49. The van der Waals surface area contributed by atoms with E-state index in [4.69, 9.17) is 4.74 Å². The van der Waals surface area contributed by atoms with E-state index in [9.17, 15) is 31.2 Å². The number of amides is 1. The average molecular weight is 593 g/mol. The van der Waals surface area contributed by atoms with E-state index < -0.39 is 33.6 Å². The smallest absolute Gasteiger partial charge is 0.416 e. The molecule has 42 heavy (non-hydrogen) atoms. The number of hydrogen-bond acceptors (Lipinski definition) is 5. The monoisotopic (exact) mass is 592 g/mol. The van der Waals surface area contributed by atoms with Crippen LogP contribution in [0.15, 0.2) is 83.8 Å². The molecular formula is C31H23F3N2O5S. The molecule has 1 aliphatic rings. The summed E-state index contributed by atoms with van der Waals surface area (Å²) in [7, 11) is -3.06. The zero-order valence-corrected chi connectivity index (χ0v) is 23.2. The predicted molar refractivity (Wildman–Crippen MR) is 150 cm³/mol. The van der Waals surface area contributed by atoms with Crippen molar-refractivity contribution in [2.45, 2.75) is 31.1 Å². The molecule has 11 heteroatoms. The van der Waals surface area contributed by atoms with Crippen LogP contribution >= 0.6 is 0 Å². The maximum Gasteiger partial charge on any atom is 0.416 e. The summed E-state index contributed by atoms with van der Waals surface area (Å²) in [4.78, 5) is 28.5. The Kier molecular flexibility index (Phi) is 6.38. The van der Waals surface area contributed by atoms with Gasteiger partial charge in [-0.15, -0.1) is 0 Å². The van der Waals surface area contributed by atoms with Crippen LogP contribution in [0.1, 0.15) is 43.0 Å². The Bertz CT molecular complexity index is 2020. The molecule has 0 radical (unpaired) electrons. The number of alkyl halides is 3. The standard InChI is InChI=1S/C31H23F3N2O5S/c1-18-8-13-25-23(14-18)27-26-20(17-35(29(26)37)16-19-9-11-21(12-10-19)31(32,33)34)15-24(30(38)41-2)28(27)36(25)42(39,40)22-6-4-3-5-7-22/h3-15H,16-17H2,1-2H3. The maximum atomic E-state index is 14.1. The van der Waals surface area contributed by atoms with Crippen LogP contribution in [0.25, 0.3) is 21.8 Å². The van der Waals surface area contributed by atoms with E-state index in [0.29, 0.717) is 21.9 Å². The van der Waals surface area contributed by atoms with Gasteiger partial charge in [-0.3, -0.25) is 4.79 Å². The van der Waals surface area contributed by atoms with Crippen molar-refractivity contribution in [2.75, 3.05) is 7.11 Å². The van der Waals surface area contributed by atoms with Crippen LogP contribution in [0.2, 0.25) is 0 Å². The third-order valence-electron chi connectivity index (χ3n) is 7.43. The molecule has 0 bridgehead atoms. The lowest BCUT2D eigenvalue weighted by molar-refractivity contribution is -0.137. The number of benzene rings is 4. The van der Waals surface area contributed by atoms with Gasteiger partial charge >= 0.3 is 12.1 Å². The molecule has 4 aromatic carbocycles. The molecule has 0 saturated carbocycles. The molecule has 1 aliphatic heterocycles. The van der Waals surface area contributed by atoms with Crippen LogP contribution in [0.4, 0.5) is 13.2 Å². The van der Waals surface area contributed by atoms with Crippen LogP contribution < -0.4 is 0 Å². The predicted octanol–water partition coefficient (Wildman–Crippen LogP) is 6.30. The molecule has 0 aliphatic carbocycles. The van der Waals surface area contributed by atoms with E-state index in [0.717, 1.165) is 21.7 Å². The van der Waals surface area contributed by atoms with Crippen molar-refractivity contribution >= 4 is 43.7 Å². The van der Waals surface area contributed by atoms with Crippen molar-refractivity contribution in [3.63, 3.8) is 0 Å². The van der Waals surface area contributed by atoms with Gasteiger partial charge in [0.05, 0.1) is 39.7 Å². The quantitative estimate of drug-likeness (QED) is 0.224. The Morgan fingerprint density at radius 2 is 1.67 bits per heavy atom. The number of ether oxygens (including phenoxy) is 1. The molecule has 0 spiro atoms. The molecular weight excluding hydrogens is 569 g/mol. The lowest BCUT2D eigenvalue weighted by Gasteiger charge is -2.16. The summed E-state index contributed by atoms with van der Waals surface area (Å²) in [6, 6.07) is 18.9. The highest BCUT2D eigenvalue weighted by Crippen LogP contribution is 2.42. The van der Waals surface area contributed by atoms with Gasteiger partial charge in [-0.2, -0.15) is 13.2 Å². The summed E-state index contributed by atoms with van der Waals surface area (Å²) < 4.78 is 73.5. The maximum absolute atomic E-state index is 14.1. The fraction of sp³-hybridized carbons (Fsp3) is 0.161. The largest absolute Gasteiger partial charge is 0.465 e. The summed E-state index contributed by atoms with van der Waals surface area (Å²) in [6.45, 7) is 1.91. The van der Waals surface area contributed by atoms with Crippen molar-refractivity contribution in [1.29, 1.82) is 0 Å². The molecule has 0 N–H and O–H groups in total. The number of carbonyl (C=O) groups is 2. The van der Waals surface area contributed by atoms with Crippen molar-refractivity contribution in [2.24, 2.45) is 0 Å². The van der Waals surface area contributed by atoms with Crippen LogP contribution in [0.3, 0.4) is 0 Å². The van der Waals surface area contributed by atoms with E-state index in [1.54, 1.807) is 36.4 Å². The first-order valence-corrected chi connectivity index (χ1v) is 14.3. The number of halogens is 3. The van der Waals surface area contributed by atoms with Crippen molar-refractivity contribution in [3.05, 3.63) is 112 Å². The fourth-order valence-electron chi connectivity index (χ4n) is 5.51. The molecule has 6 rings (SSSR count). The first kappa shape index (κ1) is 27.5. The highest BCUT2D eigenvalue weighted by atomic mass is 32.2. The van der Waals surface area contributed by atoms with E-state index in [2.05, 4.69) is 0 Å². The summed E-state index contributed by atoms with van der Waals surface area (Å²) in [5.41, 5.74) is 1.50. The zero-order valence-electron chi connectivity index (χ0n) is 22.4. The number of nitrogens with zero attached hydrogens (tertiary/aromatic N) is 2. The second-order valence-corrected chi connectivity index (χ2v) is 11.9. The van der Waals surface area contributed by atoms with Gasteiger partial charge in [0.15, 0.2) is 0 Å². The lowest BCUT2D eigenvalue weighted by atomic mass is 9.98. The average Bonchev–Trinajstić information content (AvgIpc) is 3.46. The number of rotatable bonds is 5. The van der Waals surface area contributed by atoms with Gasteiger partial charge in [-0.25, -0.2) is 17.2 Å². The Hall–Kier alpha value is -4.64. The van der Waals surface area contributed by atoms with E-state index in [1.165, 1.54) is 42.3 Å². The van der Waals surface area contributed by atoms with Crippen molar-refractivity contribution in [3.8, 4) is 0 Å². The Morgan fingerprint density at radius 1 is 0.976 bits per heavy atom. The third kappa shape index (κ3) is 4.32. The molecule has 2 heterocycles. The number of hydrogen-bond donors (Lipinski definition) is 0. The molecule has 0 unspecified atom stereocenters. The minimum absolute atomic E-state index is 0.00375. The summed E-state index contributed by atoms with van der Waals surface area (Å²) >= 11 is 0. The Morgan fingerprint density at radius 3 is 2.31 bits per heavy atom. The molecule has 7 nitrogen and oxygen atoms in total. The highest BCUT2D eigenvalue weighted by molar-refractivity contribution is 7.90. The van der Waals surface area contributed by atoms with Crippen LogP contribution in [-0.4, -0.2) is 36.3 Å². The van der Waals surface area contributed by atoms with Crippen molar-refractivity contribution < 1.29 is 35.9 Å². The number of methoxy groups -OCH3 is 1. The second-order valence-electron chi connectivity index (χ2n) is 10.1. The summed E-state index contributed by atoms with van der Waals surface area (Å²) in [6.07, 6.45) is -4.49. The first-order chi connectivity index (χ1) is 19.9. The Balaban J connectivity index is 1.59. The van der Waals surface area contributed by atoms with Crippen molar-refractivity contribution in [1.82, 2.24) is 8.87 Å². The van der Waals surface area contributed by atoms with E-state index >= 15 is 0 Å². The van der Waals surface area contributed by atoms with Crippen LogP contribution in [0, 0.1) is 6.92 Å². The topological polar surface area (TPSA) is 85.7 Å². The SMILES string of the molecule is COC(=O)c1cc2c(c3c4cc(C)ccc4n(S(=O)(=O)c4ccccc4)c13)C(=O)N(Cc1ccc(C(F)(F)F)cc1)C2. The normalized spacial score (nSPS) is 13.6. The van der Waals surface area contributed by atoms with Gasteiger partial charge in [0.25, 0.3) is 15.9 Å². The van der Waals surface area contributed by atoms with Crippen LogP contribution in [-0.2, 0) is 34.0 Å². The number of esters is 1. The van der Waals surface area contributed by atoms with Gasteiger partial charge in [-0.05, 0) is 60.5 Å². The van der Waals surface area contributed by atoms with Gasteiger partial charge in [0, 0.05) is 23.9 Å². The van der Waals surface area contributed by atoms with Gasteiger partial charge in [0.2, 0.25) is 0 Å². The molecule has 5 aromatic rings. The fourth-order valence-corrected chi connectivity index (χ4v) is 7.07. The number of fused-ring (bicyclic) bond motifs is 5. The molecule has 0 fully saturated rings. The summed E-state index contributed by atoms with van der Waals surface area (Å²) in [5, 5.41) is 0.766. The third-order valence-corrected chi connectivity index (χ3v) is 9.16. The molecule has 0 atom stereocenters. The van der Waals surface area contributed by atoms with Gasteiger partial charge in [-0.1, -0.05) is 42.0 Å². The summed E-state index contributed by atoms with van der Waals surface area (Å²) in [5.74, 6) is -1.20. The Labute approximate surface area is 238 Å². The lowest BCUT2D eigenvalue weighted by Crippen LogP contribution is -2.23. The van der Waals surface area contributed by atoms with Crippen LogP contribution in [0.5, 0.6) is 0 Å². The molecule has 214 valence electrons. The second kappa shape index (κ2) is 9.73. The van der Waals surface area contributed by atoms with E-state index in [-0.39, 0.29) is 40.1 Å². The van der Waals surface area contributed by atoms with E-state index in [1.807, 2.05) is 6.92 Å². The van der Waals surface area contributed by atoms with Gasteiger partial charge < -0.3 is 9.64 Å². The first-order valence-electron chi connectivity index (χ1n) is 12.9. The zero-order chi connectivity index (χ0) is 30.0. The number of aryl methyl sites for hydroxylation is 1. The molecule has 0 saturated heterocycles. The molecule has 1 amide bonds. The number of aromatic nitrogens is 1. The molecule has 1 aromatic heterocycles.